The molecule has 0 fully saturated rings. The van der Waals surface area contributed by atoms with Gasteiger partial charge in [0.2, 0.25) is 5.95 Å². The first-order chi connectivity index (χ1) is 9.06. The lowest BCUT2D eigenvalue weighted by molar-refractivity contribution is 0.643. The summed E-state index contributed by atoms with van der Waals surface area (Å²) in [5, 5.41) is 0. The topological polar surface area (TPSA) is 55.0 Å². The second kappa shape index (κ2) is 5.69. The summed E-state index contributed by atoms with van der Waals surface area (Å²) in [6.07, 6.45) is 4.79. The van der Waals surface area contributed by atoms with Gasteiger partial charge in [-0.2, -0.15) is 0 Å². The van der Waals surface area contributed by atoms with Crippen LogP contribution in [-0.4, -0.2) is 17.0 Å². The first kappa shape index (κ1) is 13.3. The molecule has 1 heterocycles. The average molecular weight is 256 g/mol. The largest absolute Gasteiger partial charge is 0.399 e. The number of hydrogen-bond donors (Lipinski definition) is 1. The number of nitrogen functional groups attached to an aromatic ring is 1. The molecule has 2 aromatic rings. The summed E-state index contributed by atoms with van der Waals surface area (Å²) in [5.41, 5.74) is 8.67. The normalized spacial score (nSPS) is 10.7. The zero-order chi connectivity index (χ0) is 13.8. The van der Waals surface area contributed by atoms with E-state index in [9.17, 15) is 0 Å². The van der Waals surface area contributed by atoms with Crippen LogP contribution in [-0.2, 0) is 6.42 Å². The van der Waals surface area contributed by atoms with E-state index < -0.39 is 0 Å². The highest BCUT2D eigenvalue weighted by atomic mass is 15.2. The van der Waals surface area contributed by atoms with Gasteiger partial charge < -0.3 is 10.6 Å². The highest BCUT2D eigenvalue weighted by Crippen LogP contribution is 2.21. The Bertz CT molecular complexity index is 534. The third-order valence-corrected chi connectivity index (χ3v) is 2.89. The van der Waals surface area contributed by atoms with E-state index in [2.05, 4.69) is 23.8 Å². The van der Waals surface area contributed by atoms with E-state index in [4.69, 9.17) is 5.73 Å². The van der Waals surface area contributed by atoms with E-state index in [0.717, 1.165) is 17.8 Å². The summed E-state index contributed by atoms with van der Waals surface area (Å²) in [5.74, 6) is 1.29. The number of nitrogens with zero attached hydrogens (tertiary/aromatic N) is 3. The fourth-order valence-corrected chi connectivity index (χ4v) is 1.95. The molecule has 0 atom stereocenters. The molecule has 4 nitrogen and oxygen atoms in total. The predicted octanol–water partition coefficient (Wildman–Crippen LogP) is 3.03. The van der Waals surface area contributed by atoms with Crippen LogP contribution in [0.15, 0.2) is 36.7 Å². The van der Waals surface area contributed by atoms with Crippen LogP contribution in [0.1, 0.15) is 19.4 Å². The quantitative estimate of drug-likeness (QED) is 0.854. The molecule has 2 N–H and O–H groups in total. The third-order valence-electron chi connectivity index (χ3n) is 2.89. The van der Waals surface area contributed by atoms with Crippen LogP contribution in [0.3, 0.4) is 0 Å². The van der Waals surface area contributed by atoms with Gasteiger partial charge in [-0.3, -0.25) is 0 Å². The van der Waals surface area contributed by atoms with Crippen LogP contribution in [0.2, 0.25) is 0 Å². The van der Waals surface area contributed by atoms with Crippen LogP contribution in [0, 0.1) is 5.92 Å². The summed E-state index contributed by atoms with van der Waals surface area (Å²) < 4.78 is 0. The molecule has 0 spiro atoms. The molecule has 0 bridgehead atoms. The maximum absolute atomic E-state index is 5.79. The fourth-order valence-electron chi connectivity index (χ4n) is 1.95. The highest BCUT2D eigenvalue weighted by Gasteiger charge is 2.07. The Labute approximate surface area is 114 Å². The summed E-state index contributed by atoms with van der Waals surface area (Å²) in [6.45, 7) is 4.37. The molecule has 19 heavy (non-hydrogen) atoms. The number of rotatable bonds is 4. The SMILES string of the molecule is CC(C)Cc1cnc(N(C)c2cccc(N)c2)nc1. The van der Waals surface area contributed by atoms with Gasteiger partial charge >= 0.3 is 0 Å². The number of aromatic nitrogens is 2. The molecule has 100 valence electrons. The minimum atomic E-state index is 0.612. The number of anilines is 3. The fraction of sp³-hybridized carbons (Fsp3) is 0.333. The molecule has 0 aliphatic carbocycles. The van der Waals surface area contributed by atoms with Crippen molar-refractivity contribution in [3.63, 3.8) is 0 Å². The summed E-state index contributed by atoms with van der Waals surface area (Å²) >= 11 is 0. The zero-order valence-electron chi connectivity index (χ0n) is 11.7. The third kappa shape index (κ3) is 3.44. The van der Waals surface area contributed by atoms with Crippen LogP contribution in [0.25, 0.3) is 0 Å². The second-order valence-electron chi connectivity index (χ2n) is 5.14. The van der Waals surface area contributed by atoms with Crippen molar-refractivity contribution in [3.05, 3.63) is 42.2 Å². The van der Waals surface area contributed by atoms with Crippen LogP contribution in [0.5, 0.6) is 0 Å². The predicted molar refractivity (Wildman–Crippen MR) is 79.5 cm³/mol. The monoisotopic (exact) mass is 256 g/mol. The lowest BCUT2D eigenvalue weighted by Gasteiger charge is -2.17. The number of hydrogen-bond acceptors (Lipinski definition) is 4. The summed E-state index contributed by atoms with van der Waals surface area (Å²) in [4.78, 5) is 10.7. The van der Waals surface area contributed by atoms with Crippen molar-refractivity contribution in [2.45, 2.75) is 20.3 Å². The lowest BCUT2D eigenvalue weighted by Crippen LogP contribution is -2.13. The van der Waals surface area contributed by atoms with Gasteiger partial charge in [-0.25, -0.2) is 9.97 Å². The molecular weight excluding hydrogens is 236 g/mol. The molecule has 2 rings (SSSR count). The summed E-state index contributed by atoms with van der Waals surface area (Å²) in [6, 6.07) is 7.69. The van der Waals surface area contributed by atoms with Gasteiger partial charge in [-0.05, 0) is 36.1 Å². The van der Waals surface area contributed by atoms with Crippen molar-refractivity contribution in [2.24, 2.45) is 5.92 Å². The Balaban J connectivity index is 2.17. The van der Waals surface area contributed by atoms with E-state index >= 15 is 0 Å². The van der Waals surface area contributed by atoms with Gasteiger partial charge in [0.25, 0.3) is 0 Å². The van der Waals surface area contributed by atoms with Crippen LogP contribution >= 0.6 is 0 Å². The van der Waals surface area contributed by atoms with Crippen molar-refractivity contribution in [3.8, 4) is 0 Å². The maximum atomic E-state index is 5.79. The Kier molecular flexibility index (Phi) is 4.00. The first-order valence-corrected chi connectivity index (χ1v) is 6.46. The molecule has 0 amide bonds. The van der Waals surface area contributed by atoms with Crippen LogP contribution in [0.4, 0.5) is 17.3 Å². The van der Waals surface area contributed by atoms with Crippen molar-refractivity contribution in [1.29, 1.82) is 0 Å². The summed E-state index contributed by atoms with van der Waals surface area (Å²) in [7, 11) is 1.94. The molecule has 0 radical (unpaired) electrons. The average Bonchev–Trinajstić information content (AvgIpc) is 2.38. The molecule has 0 unspecified atom stereocenters. The minimum absolute atomic E-state index is 0.612. The molecule has 0 aliphatic rings. The maximum Gasteiger partial charge on any atom is 0.229 e. The number of nitrogens with two attached hydrogens (primary N) is 1. The van der Waals surface area contributed by atoms with Crippen molar-refractivity contribution in [1.82, 2.24) is 9.97 Å². The van der Waals surface area contributed by atoms with Gasteiger partial charge in [-0.1, -0.05) is 19.9 Å². The molecule has 4 heteroatoms. The minimum Gasteiger partial charge on any atom is -0.399 e. The molecule has 1 aromatic heterocycles. The van der Waals surface area contributed by atoms with Gasteiger partial charge in [-0.15, -0.1) is 0 Å². The smallest absolute Gasteiger partial charge is 0.229 e. The van der Waals surface area contributed by atoms with Gasteiger partial charge in [0, 0.05) is 30.8 Å². The van der Waals surface area contributed by atoms with Crippen LogP contribution < -0.4 is 10.6 Å². The van der Waals surface area contributed by atoms with Gasteiger partial charge in [0.05, 0.1) is 0 Å². The molecule has 1 aromatic carbocycles. The van der Waals surface area contributed by atoms with E-state index in [1.165, 1.54) is 5.56 Å². The molecule has 0 saturated heterocycles. The highest BCUT2D eigenvalue weighted by molar-refractivity contribution is 5.61. The van der Waals surface area contributed by atoms with Gasteiger partial charge in [0.15, 0.2) is 0 Å². The van der Waals surface area contributed by atoms with Gasteiger partial charge in [0.1, 0.15) is 0 Å². The Hall–Kier alpha value is -2.10. The standard InChI is InChI=1S/C15H20N4/c1-11(2)7-12-9-17-15(18-10-12)19(3)14-6-4-5-13(16)8-14/h4-6,8-11H,7,16H2,1-3H3. The van der Waals surface area contributed by atoms with Crippen molar-refractivity contribution in [2.75, 3.05) is 17.7 Å². The Morgan fingerprint density at radius 3 is 2.47 bits per heavy atom. The van der Waals surface area contributed by atoms with Crippen molar-refractivity contribution < 1.29 is 0 Å². The second-order valence-corrected chi connectivity index (χ2v) is 5.14. The molecule has 0 saturated carbocycles. The van der Waals surface area contributed by atoms with E-state index in [0.29, 0.717) is 11.9 Å². The molecular formula is C15H20N4. The molecule has 0 aliphatic heterocycles. The van der Waals surface area contributed by atoms with E-state index in [1.54, 1.807) is 0 Å². The van der Waals surface area contributed by atoms with E-state index in [1.807, 2.05) is 48.6 Å². The van der Waals surface area contributed by atoms with E-state index in [-0.39, 0.29) is 0 Å². The number of benzene rings is 1. The zero-order valence-corrected chi connectivity index (χ0v) is 11.7. The lowest BCUT2D eigenvalue weighted by atomic mass is 10.1. The Morgan fingerprint density at radius 1 is 1.21 bits per heavy atom. The van der Waals surface area contributed by atoms with Crippen molar-refractivity contribution >= 4 is 17.3 Å². The Morgan fingerprint density at radius 2 is 1.89 bits per heavy atom. The first-order valence-electron chi connectivity index (χ1n) is 6.46.